The molecule has 0 aliphatic carbocycles. The van der Waals surface area contributed by atoms with Crippen molar-refractivity contribution in [2.75, 3.05) is 5.32 Å². The van der Waals surface area contributed by atoms with E-state index in [-0.39, 0.29) is 18.1 Å². The molecule has 0 fully saturated rings. The second-order valence-electron chi connectivity index (χ2n) is 6.73. The summed E-state index contributed by atoms with van der Waals surface area (Å²) in [5, 5.41) is 6.70. The third-order valence-electron chi connectivity index (χ3n) is 4.38. The number of halogens is 2. The number of hydrogen-bond donors (Lipinski definition) is 1. The van der Waals surface area contributed by atoms with E-state index in [4.69, 9.17) is 8.94 Å². The molecule has 0 bridgehead atoms. The largest absolute Gasteiger partial charge is 0.436 e. The van der Waals surface area contributed by atoms with Crippen molar-refractivity contribution in [1.29, 1.82) is 0 Å². The fraction of sp³-hybridized carbons (Fsp3) is 0.238. The minimum atomic E-state index is -0.383. The van der Waals surface area contributed by atoms with Crippen LogP contribution in [-0.2, 0) is 17.6 Å². The highest BCUT2D eigenvalue weighted by Crippen LogP contribution is 2.31. The number of aryl methyl sites for hydroxylation is 2. The molecule has 154 valence electrons. The Labute approximate surface area is 179 Å². The van der Waals surface area contributed by atoms with Crippen molar-refractivity contribution in [2.24, 2.45) is 0 Å². The zero-order valence-electron chi connectivity index (χ0n) is 16.1. The first-order valence-corrected chi connectivity index (χ1v) is 10.3. The average Bonchev–Trinajstić information content (AvgIpc) is 3.35. The topological polar surface area (TPSA) is 94.1 Å². The molecule has 1 amide bonds. The molecule has 0 aliphatic rings. The Morgan fingerprint density at radius 1 is 1.17 bits per heavy atom. The highest BCUT2D eigenvalue weighted by Gasteiger charge is 2.14. The average molecular weight is 473 g/mol. The number of aromatic nitrogens is 3. The van der Waals surface area contributed by atoms with Gasteiger partial charge in [0.15, 0.2) is 11.4 Å². The molecule has 4 rings (SSSR count). The summed E-state index contributed by atoms with van der Waals surface area (Å²) in [6, 6.07) is 9.44. The molecule has 0 aliphatic heterocycles. The van der Waals surface area contributed by atoms with Crippen LogP contribution in [0.1, 0.15) is 31.5 Å². The van der Waals surface area contributed by atoms with Gasteiger partial charge in [-0.25, -0.2) is 9.37 Å². The molecule has 0 saturated carbocycles. The van der Waals surface area contributed by atoms with E-state index in [0.29, 0.717) is 50.8 Å². The van der Waals surface area contributed by atoms with Crippen molar-refractivity contribution in [3.05, 3.63) is 58.4 Å². The van der Waals surface area contributed by atoms with Gasteiger partial charge in [0.05, 0.1) is 5.56 Å². The predicted molar refractivity (Wildman–Crippen MR) is 112 cm³/mol. The molecule has 2 aromatic heterocycles. The van der Waals surface area contributed by atoms with Gasteiger partial charge in [0.1, 0.15) is 11.3 Å². The number of anilines is 1. The molecular formula is C21H18BrFN4O3. The van der Waals surface area contributed by atoms with Crippen LogP contribution in [0.2, 0.25) is 0 Å². The van der Waals surface area contributed by atoms with Gasteiger partial charge in [-0.1, -0.05) is 12.1 Å². The van der Waals surface area contributed by atoms with E-state index in [1.165, 1.54) is 12.1 Å². The number of nitrogens with one attached hydrogen (secondary N) is 1. The SMILES string of the molecule is CCCc1noc(CCC(=O)Nc2ccc3oc(-c4cc(F)ccc4Br)nc3c2)n1. The quantitative estimate of drug-likeness (QED) is 0.391. The van der Waals surface area contributed by atoms with Gasteiger partial charge < -0.3 is 14.3 Å². The van der Waals surface area contributed by atoms with Crippen LogP contribution in [0.4, 0.5) is 10.1 Å². The maximum atomic E-state index is 13.6. The number of hydrogen-bond acceptors (Lipinski definition) is 6. The molecule has 0 atom stereocenters. The Kier molecular flexibility index (Phi) is 5.89. The highest BCUT2D eigenvalue weighted by molar-refractivity contribution is 9.10. The maximum Gasteiger partial charge on any atom is 0.228 e. The van der Waals surface area contributed by atoms with E-state index in [1.807, 2.05) is 6.92 Å². The molecule has 30 heavy (non-hydrogen) atoms. The monoisotopic (exact) mass is 472 g/mol. The molecule has 0 saturated heterocycles. The van der Waals surface area contributed by atoms with Crippen molar-refractivity contribution >= 4 is 38.6 Å². The van der Waals surface area contributed by atoms with Crippen LogP contribution < -0.4 is 5.32 Å². The van der Waals surface area contributed by atoms with E-state index < -0.39 is 0 Å². The van der Waals surface area contributed by atoms with Crippen LogP contribution in [-0.4, -0.2) is 21.0 Å². The fourth-order valence-electron chi connectivity index (χ4n) is 2.94. The zero-order chi connectivity index (χ0) is 21.1. The molecule has 0 spiro atoms. The van der Waals surface area contributed by atoms with Crippen LogP contribution in [0, 0.1) is 5.82 Å². The Morgan fingerprint density at radius 2 is 2.03 bits per heavy atom. The van der Waals surface area contributed by atoms with E-state index in [2.05, 4.69) is 36.4 Å². The molecule has 0 radical (unpaired) electrons. The van der Waals surface area contributed by atoms with E-state index in [1.54, 1.807) is 24.3 Å². The summed E-state index contributed by atoms with van der Waals surface area (Å²) < 4.78 is 25.1. The smallest absolute Gasteiger partial charge is 0.228 e. The standard InChI is InChI=1S/C21H18BrFN4O3/c1-2-3-18-26-20(30-27-18)9-8-19(28)24-13-5-7-17-16(11-13)25-21(29-17)14-10-12(23)4-6-15(14)22/h4-7,10-11H,2-3,8-9H2,1H3,(H,24,28). The van der Waals surface area contributed by atoms with E-state index >= 15 is 0 Å². The number of fused-ring (bicyclic) bond motifs is 1. The summed E-state index contributed by atoms with van der Waals surface area (Å²) >= 11 is 3.38. The minimum Gasteiger partial charge on any atom is -0.436 e. The number of nitrogens with zero attached hydrogens (tertiary/aromatic N) is 3. The number of rotatable bonds is 7. The molecule has 4 aromatic rings. The molecule has 1 N–H and O–H groups in total. The van der Waals surface area contributed by atoms with Gasteiger partial charge in [0.2, 0.25) is 17.7 Å². The van der Waals surface area contributed by atoms with Crippen LogP contribution in [0.15, 0.2) is 49.8 Å². The van der Waals surface area contributed by atoms with Gasteiger partial charge in [-0.2, -0.15) is 4.98 Å². The number of carbonyl (C=O) groups is 1. The molecule has 0 unspecified atom stereocenters. The second-order valence-corrected chi connectivity index (χ2v) is 7.58. The number of carbonyl (C=O) groups excluding carboxylic acids is 1. The van der Waals surface area contributed by atoms with Crippen LogP contribution in [0.25, 0.3) is 22.6 Å². The predicted octanol–water partition coefficient (Wildman–Crippen LogP) is 5.30. The van der Waals surface area contributed by atoms with Gasteiger partial charge in [-0.15, -0.1) is 0 Å². The third-order valence-corrected chi connectivity index (χ3v) is 5.07. The van der Waals surface area contributed by atoms with Crippen molar-refractivity contribution in [3.63, 3.8) is 0 Å². The molecular weight excluding hydrogens is 455 g/mol. The van der Waals surface area contributed by atoms with Gasteiger partial charge in [0.25, 0.3) is 0 Å². The summed E-state index contributed by atoms with van der Waals surface area (Å²) in [5.41, 5.74) is 2.19. The molecule has 2 heterocycles. The Hall–Kier alpha value is -3.07. The van der Waals surface area contributed by atoms with Gasteiger partial charge >= 0.3 is 0 Å². The summed E-state index contributed by atoms with van der Waals surface area (Å²) in [4.78, 5) is 20.9. The third kappa shape index (κ3) is 4.56. The fourth-order valence-corrected chi connectivity index (χ4v) is 3.36. The van der Waals surface area contributed by atoms with Gasteiger partial charge in [-0.05, 0) is 58.7 Å². The van der Waals surface area contributed by atoms with E-state index in [9.17, 15) is 9.18 Å². The summed E-state index contributed by atoms with van der Waals surface area (Å²) in [7, 11) is 0. The zero-order valence-corrected chi connectivity index (χ0v) is 17.7. The first-order chi connectivity index (χ1) is 14.5. The lowest BCUT2D eigenvalue weighted by Gasteiger charge is -2.03. The molecule has 9 heteroatoms. The number of amides is 1. The summed E-state index contributed by atoms with van der Waals surface area (Å²) in [6.07, 6.45) is 2.27. The van der Waals surface area contributed by atoms with Gasteiger partial charge in [-0.3, -0.25) is 4.79 Å². The second kappa shape index (κ2) is 8.74. The Bertz CT molecular complexity index is 1200. The Balaban J connectivity index is 1.44. The number of benzene rings is 2. The lowest BCUT2D eigenvalue weighted by atomic mass is 10.2. The van der Waals surface area contributed by atoms with Crippen molar-refractivity contribution in [1.82, 2.24) is 15.1 Å². The van der Waals surface area contributed by atoms with E-state index in [0.717, 1.165) is 12.8 Å². The first-order valence-electron chi connectivity index (χ1n) is 9.49. The van der Waals surface area contributed by atoms with Crippen LogP contribution in [0.5, 0.6) is 0 Å². The summed E-state index contributed by atoms with van der Waals surface area (Å²) in [6.45, 7) is 2.04. The van der Waals surface area contributed by atoms with Crippen molar-refractivity contribution < 1.29 is 18.1 Å². The minimum absolute atomic E-state index is 0.179. The van der Waals surface area contributed by atoms with Crippen molar-refractivity contribution in [3.8, 4) is 11.5 Å². The lowest BCUT2D eigenvalue weighted by Crippen LogP contribution is -2.12. The van der Waals surface area contributed by atoms with Crippen molar-refractivity contribution in [2.45, 2.75) is 32.6 Å². The maximum absolute atomic E-state index is 13.6. The molecule has 7 nitrogen and oxygen atoms in total. The number of oxazole rings is 1. The van der Waals surface area contributed by atoms with Crippen LogP contribution in [0.3, 0.4) is 0 Å². The summed E-state index contributed by atoms with van der Waals surface area (Å²) in [5.74, 6) is 0.836. The van der Waals surface area contributed by atoms with Gasteiger partial charge in [0, 0.05) is 29.4 Å². The molecule has 2 aromatic carbocycles. The first kappa shape index (κ1) is 20.2. The lowest BCUT2D eigenvalue weighted by molar-refractivity contribution is -0.116. The highest BCUT2D eigenvalue weighted by atomic mass is 79.9. The normalized spacial score (nSPS) is 11.2. The van der Waals surface area contributed by atoms with Crippen LogP contribution >= 0.6 is 15.9 Å². The Morgan fingerprint density at radius 3 is 2.87 bits per heavy atom.